The van der Waals surface area contributed by atoms with Gasteiger partial charge in [-0.15, -0.1) is 0 Å². The maximum atomic E-state index is 4.56. The minimum Gasteiger partial charge on any atom is -0.360 e. The lowest BCUT2D eigenvalue weighted by molar-refractivity contribution is 0.340. The zero-order chi connectivity index (χ0) is 11.9. The van der Waals surface area contributed by atoms with Gasteiger partial charge in [0.2, 0.25) is 0 Å². The SMILES string of the molecule is c1ccc2c(N3CC4CCCNC4C3)snc2c1. The fourth-order valence-electron chi connectivity index (χ4n) is 3.32. The molecule has 0 bridgehead atoms. The number of hydrogen-bond acceptors (Lipinski definition) is 4. The van der Waals surface area contributed by atoms with Crippen LogP contribution in [-0.2, 0) is 0 Å². The molecule has 4 heteroatoms. The van der Waals surface area contributed by atoms with Crippen molar-refractivity contribution >= 4 is 27.4 Å². The Kier molecular flexibility index (Phi) is 2.52. The highest BCUT2D eigenvalue weighted by Crippen LogP contribution is 2.36. The molecule has 2 fully saturated rings. The molecule has 1 aromatic carbocycles. The summed E-state index contributed by atoms with van der Waals surface area (Å²) in [6, 6.07) is 9.18. The van der Waals surface area contributed by atoms with Crippen LogP contribution in [0.5, 0.6) is 0 Å². The van der Waals surface area contributed by atoms with Crippen molar-refractivity contribution in [1.29, 1.82) is 0 Å². The number of nitrogens with one attached hydrogen (secondary N) is 1. The topological polar surface area (TPSA) is 28.2 Å². The maximum Gasteiger partial charge on any atom is 0.120 e. The van der Waals surface area contributed by atoms with Gasteiger partial charge in [-0.05, 0) is 49.0 Å². The highest BCUT2D eigenvalue weighted by atomic mass is 32.1. The second-order valence-corrected chi connectivity index (χ2v) is 6.12. The Morgan fingerprint density at radius 2 is 2.22 bits per heavy atom. The van der Waals surface area contributed by atoms with E-state index >= 15 is 0 Å². The Bertz CT molecular complexity index is 551. The zero-order valence-electron chi connectivity index (χ0n) is 10.3. The van der Waals surface area contributed by atoms with Gasteiger partial charge in [0.05, 0.1) is 5.52 Å². The van der Waals surface area contributed by atoms with Crippen molar-refractivity contribution in [3.05, 3.63) is 24.3 Å². The Morgan fingerprint density at radius 1 is 1.28 bits per heavy atom. The Morgan fingerprint density at radius 3 is 3.17 bits per heavy atom. The average Bonchev–Trinajstić information content (AvgIpc) is 3.02. The number of aromatic nitrogens is 1. The Balaban J connectivity index is 1.67. The summed E-state index contributed by atoms with van der Waals surface area (Å²) < 4.78 is 4.56. The van der Waals surface area contributed by atoms with Gasteiger partial charge in [0, 0.05) is 24.5 Å². The van der Waals surface area contributed by atoms with E-state index in [1.807, 2.05) is 0 Å². The van der Waals surface area contributed by atoms with Crippen molar-refractivity contribution in [2.75, 3.05) is 24.5 Å². The molecule has 1 aromatic heterocycles. The number of nitrogens with zero attached hydrogens (tertiary/aromatic N) is 2. The number of rotatable bonds is 1. The van der Waals surface area contributed by atoms with E-state index in [9.17, 15) is 0 Å². The molecule has 0 radical (unpaired) electrons. The fraction of sp³-hybridized carbons (Fsp3) is 0.500. The summed E-state index contributed by atoms with van der Waals surface area (Å²) in [5.74, 6) is 0.833. The number of piperidine rings is 1. The predicted molar refractivity (Wildman–Crippen MR) is 76.3 cm³/mol. The number of hydrogen-bond donors (Lipinski definition) is 1. The van der Waals surface area contributed by atoms with Gasteiger partial charge in [0.15, 0.2) is 0 Å². The molecule has 2 aliphatic rings. The van der Waals surface area contributed by atoms with Crippen molar-refractivity contribution in [1.82, 2.24) is 9.69 Å². The lowest BCUT2D eigenvalue weighted by Crippen LogP contribution is -2.40. The molecule has 4 rings (SSSR count). The van der Waals surface area contributed by atoms with E-state index in [0.29, 0.717) is 6.04 Å². The summed E-state index contributed by atoms with van der Waals surface area (Å²) in [5, 5.41) is 6.35. The van der Waals surface area contributed by atoms with E-state index < -0.39 is 0 Å². The maximum absolute atomic E-state index is 4.56. The smallest absolute Gasteiger partial charge is 0.120 e. The summed E-state index contributed by atoms with van der Waals surface area (Å²) in [5.41, 5.74) is 1.14. The molecule has 18 heavy (non-hydrogen) atoms. The van der Waals surface area contributed by atoms with E-state index in [2.05, 4.69) is 38.9 Å². The number of anilines is 1. The first kappa shape index (κ1) is 10.8. The zero-order valence-corrected chi connectivity index (χ0v) is 11.1. The molecule has 0 aliphatic carbocycles. The normalized spacial score (nSPS) is 27.7. The van der Waals surface area contributed by atoms with Crippen LogP contribution < -0.4 is 10.2 Å². The molecule has 0 saturated carbocycles. The summed E-state index contributed by atoms with van der Waals surface area (Å²) in [4.78, 5) is 2.54. The molecule has 3 nitrogen and oxygen atoms in total. The van der Waals surface area contributed by atoms with Crippen LogP contribution in [-0.4, -0.2) is 30.0 Å². The first-order valence-corrected chi connectivity index (χ1v) is 7.52. The van der Waals surface area contributed by atoms with Crippen LogP contribution in [0.4, 0.5) is 5.00 Å². The molecular weight excluding hydrogens is 242 g/mol. The molecule has 94 valence electrons. The van der Waals surface area contributed by atoms with Gasteiger partial charge in [0.25, 0.3) is 0 Å². The Hall–Kier alpha value is -1.13. The van der Waals surface area contributed by atoms with Crippen molar-refractivity contribution < 1.29 is 0 Å². The predicted octanol–water partition coefficient (Wildman–Crippen LogP) is 2.48. The highest BCUT2D eigenvalue weighted by molar-refractivity contribution is 7.11. The molecule has 2 aromatic rings. The van der Waals surface area contributed by atoms with Gasteiger partial charge >= 0.3 is 0 Å². The second kappa shape index (κ2) is 4.21. The van der Waals surface area contributed by atoms with Crippen molar-refractivity contribution in [3.63, 3.8) is 0 Å². The largest absolute Gasteiger partial charge is 0.360 e. The van der Waals surface area contributed by atoms with Crippen LogP contribution in [0, 0.1) is 5.92 Å². The van der Waals surface area contributed by atoms with Crippen LogP contribution in [0.1, 0.15) is 12.8 Å². The first-order valence-electron chi connectivity index (χ1n) is 6.74. The van der Waals surface area contributed by atoms with E-state index in [4.69, 9.17) is 0 Å². The highest BCUT2D eigenvalue weighted by Gasteiger charge is 2.35. The van der Waals surface area contributed by atoms with E-state index in [1.54, 1.807) is 11.5 Å². The summed E-state index contributed by atoms with van der Waals surface area (Å²) in [6.45, 7) is 3.54. The number of benzene rings is 1. The second-order valence-electron chi connectivity index (χ2n) is 5.37. The molecule has 0 spiro atoms. The quantitative estimate of drug-likeness (QED) is 0.853. The van der Waals surface area contributed by atoms with Crippen LogP contribution in [0.25, 0.3) is 10.9 Å². The molecular formula is C14H17N3S. The molecule has 2 aliphatic heterocycles. The van der Waals surface area contributed by atoms with Gasteiger partial charge < -0.3 is 10.2 Å². The van der Waals surface area contributed by atoms with Crippen molar-refractivity contribution in [2.24, 2.45) is 5.92 Å². The first-order chi connectivity index (χ1) is 8.92. The molecule has 1 N–H and O–H groups in total. The minimum atomic E-state index is 0.694. The molecule has 2 unspecified atom stereocenters. The van der Waals surface area contributed by atoms with Crippen molar-refractivity contribution in [3.8, 4) is 0 Å². The van der Waals surface area contributed by atoms with Gasteiger partial charge in [-0.1, -0.05) is 12.1 Å². The molecule has 3 heterocycles. The van der Waals surface area contributed by atoms with E-state index in [0.717, 1.165) is 18.0 Å². The van der Waals surface area contributed by atoms with E-state index in [1.165, 1.54) is 36.3 Å². The molecule has 2 saturated heterocycles. The Labute approximate surface area is 111 Å². The average molecular weight is 259 g/mol. The summed E-state index contributed by atoms with van der Waals surface area (Å²) in [7, 11) is 0. The van der Waals surface area contributed by atoms with Crippen LogP contribution in [0.2, 0.25) is 0 Å². The van der Waals surface area contributed by atoms with Crippen LogP contribution in [0.15, 0.2) is 24.3 Å². The lowest BCUT2D eigenvalue weighted by Gasteiger charge is -2.24. The molecule has 0 amide bonds. The summed E-state index contributed by atoms with van der Waals surface area (Å²) >= 11 is 1.65. The fourth-order valence-corrected chi connectivity index (χ4v) is 4.20. The van der Waals surface area contributed by atoms with Gasteiger partial charge in [0.1, 0.15) is 5.00 Å². The van der Waals surface area contributed by atoms with Crippen molar-refractivity contribution in [2.45, 2.75) is 18.9 Å². The number of fused-ring (bicyclic) bond motifs is 2. The van der Waals surface area contributed by atoms with Crippen LogP contribution in [0.3, 0.4) is 0 Å². The third-order valence-electron chi connectivity index (χ3n) is 4.25. The van der Waals surface area contributed by atoms with Gasteiger partial charge in [-0.3, -0.25) is 0 Å². The summed E-state index contributed by atoms with van der Waals surface area (Å²) in [6.07, 6.45) is 2.71. The molecule has 2 atom stereocenters. The standard InChI is InChI=1S/C14H17N3S/c1-2-6-12-11(5-1)14(18-16-12)17-8-10-4-3-7-15-13(10)9-17/h1-2,5-6,10,13,15H,3-4,7-9H2. The van der Waals surface area contributed by atoms with Crippen LogP contribution >= 0.6 is 11.5 Å². The van der Waals surface area contributed by atoms with E-state index in [-0.39, 0.29) is 0 Å². The van der Waals surface area contributed by atoms with Gasteiger partial charge in [-0.25, -0.2) is 0 Å². The van der Waals surface area contributed by atoms with Gasteiger partial charge in [-0.2, -0.15) is 4.37 Å². The minimum absolute atomic E-state index is 0.694. The third kappa shape index (κ3) is 1.63. The monoisotopic (exact) mass is 259 g/mol. The third-order valence-corrected chi connectivity index (χ3v) is 5.19. The lowest BCUT2D eigenvalue weighted by atomic mass is 9.94.